The molecular weight excluding hydrogens is 272 g/mol. The Morgan fingerprint density at radius 1 is 0.773 bits per heavy atom. The predicted octanol–water partition coefficient (Wildman–Crippen LogP) is 6.30. The molecule has 0 radical (unpaired) electrons. The topological polar surface area (TPSA) is 45.0 Å². The summed E-state index contributed by atoms with van der Waals surface area (Å²) in [6.45, 7) is 5.84. The van der Waals surface area contributed by atoms with Crippen molar-refractivity contribution < 1.29 is 5.11 Å². The lowest BCUT2D eigenvalue weighted by atomic mass is 10.1. The van der Waals surface area contributed by atoms with Gasteiger partial charge in [-0.2, -0.15) is 5.11 Å². The Labute approximate surface area is 131 Å². The third kappa shape index (κ3) is 3.50. The summed E-state index contributed by atoms with van der Waals surface area (Å²) >= 11 is 0. The zero-order valence-electron chi connectivity index (χ0n) is 13.1. The lowest BCUT2D eigenvalue weighted by Crippen LogP contribution is -1.74. The van der Waals surface area contributed by atoms with Crippen LogP contribution >= 0.6 is 0 Å². The van der Waals surface area contributed by atoms with Crippen molar-refractivity contribution in [1.82, 2.24) is 0 Å². The molecule has 0 unspecified atom stereocenters. The van der Waals surface area contributed by atoms with Crippen molar-refractivity contribution in [3.8, 4) is 5.75 Å². The van der Waals surface area contributed by atoms with Gasteiger partial charge in [0.15, 0.2) is 0 Å². The number of aromatic hydroxyl groups is 1. The second-order valence-corrected chi connectivity index (χ2v) is 4.67. The van der Waals surface area contributed by atoms with E-state index in [4.69, 9.17) is 0 Å². The molecule has 1 N–H and O–H groups in total. The Balaban J connectivity index is 0.000000847. The van der Waals surface area contributed by atoms with Crippen LogP contribution < -0.4 is 0 Å². The molecule has 0 aliphatic heterocycles. The van der Waals surface area contributed by atoms with Gasteiger partial charge in [0.25, 0.3) is 0 Å². The molecule has 0 heterocycles. The second-order valence-electron chi connectivity index (χ2n) is 4.67. The Bertz CT molecular complexity index is 794. The molecule has 0 aromatic heterocycles. The molecule has 0 amide bonds. The first-order valence-electron chi connectivity index (χ1n) is 7.43. The number of benzene rings is 3. The van der Waals surface area contributed by atoms with E-state index in [2.05, 4.69) is 16.3 Å². The molecule has 3 rings (SSSR count). The van der Waals surface area contributed by atoms with E-state index in [0.717, 1.165) is 16.6 Å². The van der Waals surface area contributed by atoms with Gasteiger partial charge in [-0.05, 0) is 41.5 Å². The number of aryl methyl sites for hydroxylation is 1. The summed E-state index contributed by atoms with van der Waals surface area (Å²) in [7, 11) is 0. The quantitative estimate of drug-likeness (QED) is 0.554. The van der Waals surface area contributed by atoms with Crippen molar-refractivity contribution >= 4 is 22.1 Å². The van der Waals surface area contributed by atoms with Gasteiger partial charge in [0.05, 0.1) is 5.69 Å². The van der Waals surface area contributed by atoms with Crippen molar-refractivity contribution in [2.45, 2.75) is 20.8 Å². The Kier molecular flexibility index (Phi) is 5.26. The maximum absolute atomic E-state index is 9.89. The van der Waals surface area contributed by atoms with Crippen LogP contribution in [0, 0.1) is 6.92 Å². The van der Waals surface area contributed by atoms with Gasteiger partial charge >= 0.3 is 0 Å². The van der Waals surface area contributed by atoms with Crippen molar-refractivity contribution in [1.29, 1.82) is 0 Å². The number of para-hydroxylation sites is 1. The minimum absolute atomic E-state index is 0.178. The summed E-state index contributed by atoms with van der Waals surface area (Å²) in [5, 5.41) is 20.5. The van der Waals surface area contributed by atoms with E-state index in [1.54, 1.807) is 6.07 Å². The van der Waals surface area contributed by atoms with E-state index < -0.39 is 0 Å². The number of phenolic OH excluding ortho intramolecular Hbond substituents is 1. The molecule has 0 fully saturated rings. The SMILES string of the molecule is CC.Cc1cccc(N=Nc2ccc3ccccc3c2)c1O. The van der Waals surface area contributed by atoms with Crippen LogP contribution in [-0.2, 0) is 0 Å². The molecular formula is C19H20N2O. The van der Waals surface area contributed by atoms with E-state index in [0.29, 0.717) is 5.69 Å². The van der Waals surface area contributed by atoms with E-state index in [1.807, 2.05) is 69.3 Å². The first-order valence-corrected chi connectivity index (χ1v) is 7.43. The lowest BCUT2D eigenvalue weighted by molar-refractivity contribution is 0.472. The Morgan fingerprint density at radius 2 is 1.50 bits per heavy atom. The third-order valence-corrected chi connectivity index (χ3v) is 3.22. The Morgan fingerprint density at radius 3 is 2.27 bits per heavy atom. The number of nitrogens with zero attached hydrogens (tertiary/aromatic N) is 2. The van der Waals surface area contributed by atoms with Gasteiger partial charge in [-0.15, -0.1) is 5.11 Å². The van der Waals surface area contributed by atoms with Crippen LogP contribution in [-0.4, -0.2) is 5.11 Å². The van der Waals surface area contributed by atoms with Crippen LogP contribution in [0.25, 0.3) is 10.8 Å². The largest absolute Gasteiger partial charge is 0.505 e. The van der Waals surface area contributed by atoms with Gasteiger partial charge in [-0.1, -0.05) is 56.3 Å². The normalized spacial score (nSPS) is 10.5. The zero-order chi connectivity index (χ0) is 15.9. The molecule has 3 heteroatoms. The average molecular weight is 292 g/mol. The first-order chi connectivity index (χ1) is 10.7. The summed E-state index contributed by atoms with van der Waals surface area (Å²) in [4.78, 5) is 0. The van der Waals surface area contributed by atoms with Crippen LogP contribution in [0.15, 0.2) is 70.9 Å². The van der Waals surface area contributed by atoms with Crippen molar-refractivity contribution in [2.24, 2.45) is 10.2 Å². The fraction of sp³-hybridized carbons (Fsp3) is 0.158. The molecule has 3 aromatic rings. The summed E-state index contributed by atoms with van der Waals surface area (Å²) in [5.74, 6) is 0.178. The monoisotopic (exact) mass is 292 g/mol. The van der Waals surface area contributed by atoms with Crippen LogP contribution in [0.4, 0.5) is 11.4 Å². The van der Waals surface area contributed by atoms with Crippen LogP contribution in [0.2, 0.25) is 0 Å². The molecule has 0 aliphatic rings. The van der Waals surface area contributed by atoms with Crippen molar-refractivity contribution in [3.63, 3.8) is 0 Å². The van der Waals surface area contributed by atoms with E-state index in [9.17, 15) is 5.11 Å². The summed E-state index contributed by atoms with van der Waals surface area (Å²) in [6, 6.07) is 19.4. The standard InChI is InChI=1S/C17H14N2O.C2H6/c1-12-5-4-8-16(17(12)20)19-18-15-10-9-13-6-2-3-7-14(13)11-15;1-2/h2-11,20H,1H3;1-2H3. The maximum atomic E-state index is 9.89. The van der Waals surface area contributed by atoms with Gasteiger partial charge in [0.1, 0.15) is 11.4 Å². The summed E-state index contributed by atoms with van der Waals surface area (Å²) < 4.78 is 0. The lowest BCUT2D eigenvalue weighted by Gasteiger charge is -2.01. The molecule has 0 spiro atoms. The van der Waals surface area contributed by atoms with Crippen LogP contribution in [0.3, 0.4) is 0 Å². The summed E-state index contributed by atoms with van der Waals surface area (Å²) in [6.07, 6.45) is 0. The molecule has 0 saturated carbocycles. The van der Waals surface area contributed by atoms with Crippen LogP contribution in [0.5, 0.6) is 5.75 Å². The van der Waals surface area contributed by atoms with Crippen molar-refractivity contribution in [2.75, 3.05) is 0 Å². The molecule has 3 aromatic carbocycles. The van der Waals surface area contributed by atoms with E-state index >= 15 is 0 Å². The smallest absolute Gasteiger partial charge is 0.145 e. The number of hydrogen-bond acceptors (Lipinski definition) is 3. The highest BCUT2D eigenvalue weighted by Crippen LogP contribution is 2.31. The molecule has 112 valence electrons. The minimum Gasteiger partial charge on any atom is -0.505 e. The van der Waals surface area contributed by atoms with Gasteiger partial charge in [-0.25, -0.2) is 0 Å². The van der Waals surface area contributed by atoms with Gasteiger partial charge in [0.2, 0.25) is 0 Å². The average Bonchev–Trinajstić information content (AvgIpc) is 2.58. The highest BCUT2D eigenvalue weighted by atomic mass is 16.3. The minimum atomic E-state index is 0.178. The molecule has 3 nitrogen and oxygen atoms in total. The highest BCUT2D eigenvalue weighted by Gasteiger charge is 2.02. The van der Waals surface area contributed by atoms with Gasteiger partial charge in [-0.3, -0.25) is 0 Å². The molecule has 22 heavy (non-hydrogen) atoms. The molecule has 0 aliphatic carbocycles. The number of fused-ring (bicyclic) bond motifs is 1. The highest BCUT2D eigenvalue weighted by molar-refractivity contribution is 5.85. The molecule has 0 atom stereocenters. The van der Waals surface area contributed by atoms with Crippen LogP contribution in [0.1, 0.15) is 19.4 Å². The predicted molar refractivity (Wildman–Crippen MR) is 92.3 cm³/mol. The van der Waals surface area contributed by atoms with Gasteiger partial charge in [0, 0.05) is 0 Å². The van der Waals surface area contributed by atoms with Gasteiger partial charge < -0.3 is 5.11 Å². The summed E-state index contributed by atoms with van der Waals surface area (Å²) in [5.41, 5.74) is 2.04. The van der Waals surface area contributed by atoms with E-state index in [-0.39, 0.29) is 5.75 Å². The zero-order valence-corrected chi connectivity index (χ0v) is 13.1. The number of phenols is 1. The number of rotatable bonds is 2. The number of azo groups is 1. The second kappa shape index (κ2) is 7.36. The Hall–Kier alpha value is -2.68. The fourth-order valence-corrected chi connectivity index (χ4v) is 2.07. The third-order valence-electron chi connectivity index (χ3n) is 3.22. The van der Waals surface area contributed by atoms with E-state index in [1.165, 1.54) is 5.39 Å². The van der Waals surface area contributed by atoms with Crippen molar-refractivity contribution in [3.05, 3.63) is 66.2 Å². The number of hydrogen-bond donors (Lipinski definition) is 1. The molecule has 0 saturated heterocycles. The molecule has 0 bridgehead atoms. The first kappa shape index (κ1) is 15.7. The fourth-order valence-electron chi connectivity index (χ4n) is 2.07. The maximum Gasteiger partial charge on any atom is 0.145 e.